The molecule has 3 aliphatic rings. The van der Waals surface area contributed by atoms with Crippen LogP contribution in [0.4, 0.5) is 0 Å². The number of hydrogen-bond donors (Lipinski definition) is 1. The van der Waals surface area contributed by atoms with Crippen LogP contribution in [0.5, 0.6) is 11.5 Å². The lowest BCUT2D eigenvalue weighted by Gasteiger charge is -2.37. The van der Waals surface area contributed by atoms with Gasteiger partial charge in [-0.3, -0.25) is 4.79 Å². The molecule has 4 rings (SSSR count). The summed E-state index contributed by atoms with van der Waals surface area (Å²) in [6.45, 7) is 0.215. The Hall–Kier alpha value is -1.80. The number of sulfonamides is 1. The molecule has 2 fully saturated rings. The van der Waals surface area contributed by atoms with E-state index in [2.05, 4.69) is 5.32 Å². The van der Waals surface area contributed by atoms with Crippen molar-refractivity contribution in [1.82, 2.24) is 9.62 Å². The van der Waals surface area contributed by atoms with E-state index in [1.165, 1.54) is 6.26 Å². The quantitative estimate of drug-likeness (QED) is 0.860. The second-order valence-corrected chi connectivity index (χ2v) is 8.97. The molecule has 1 aromatic rings. The lowest BCUT2D eigenvalue weighted by atomic mass is 9.99. The van der Waals surface area contributed by atoms with Crippen molar-refractivity contribution in [2.45, 2.75) is 50.2 Å². The molecule has 8 heteroatoms. The van der Waals surface area contributed by atoms with Crippen molar-refractivity contribution in [2.24, 2.45) is 0 Å². The summed E-state index contributed by atoms with van der Waals surface area (Å²) in [7, 11) is -3.17. The first-order valence-corrected chi connectivity index (χ1v) is 10.4. The Morgan fingerprint density at radius 2 is 1.88 bits per heavy atom. The summed E-state index contributed by atoms with van der Waals surface area (Å²) in [6, 6.07) is 5.59. The molecule has 0 aliphatic carbocycles. The summed E-state index contributed by atoms with van der Waals surface area (Å²) >= 11 is 0. The average Bonchev–Trinajstić information content (AvgIpc) is 3.09. The van der Waals surface area contributed by atoms with Gasteiger partial charge in [0.2, 0.25) is 22.7 Å². The zero-order chi connectivity index (χ0) is 17.6. The molecule has 0 aromatic heterocycles. The monoisotopic (exact) mass is 366 g/mol. The minimum atomic E-state index is -3.17. The van der Waals surface area contributed by atoms with E-state index in [0.29, 0.717) is 24.3 Å². The molecule has 3 aliphatic heterocycles. The molecule has 0 spiro atoms. The molecule has 0 radical (unpaired) electrons. The van der Waals surface area contributed by atoms with E-state index in [1.807, 2.05) is 18.2 Å². The highest BCUT2D eigenvalue weighted by atomic mass is 32.2. The van der Waals surface area contributed by atoms with E-state index in [9.17, 15) is 13.2 Å². The third-order valence-electron chi connectivity index (χ3n) is 5.22. The van der Waals surface area contributed by atoms with E-state index in [-0.39, 0.29) is 37.2 Å². The maximum absolute atomic E-state index is 12.4. The zero-order valence-corrected chi connectivity index (χ0v) is 14.9. The van der Waals surface area contributed by atoms with Gasteiger partial charge in [0.05, 0.1) is 12.7 Å². The average molecular weight is 366 g/mol. The van der Waals surface area contributed by atoms with Gasteiger partial charge < -0.3 is 14.8 Å². The third kappa shape index (κ3) is 3.32. The first kappa shape index (κ1) is 16.7. The Kier molecular flexibility index (Phi) is 4.11. The first-order chi connectivity index (χ1) is 11.9. The first-order valence-electron chi connectivity index (χ1n) is 8.56. The minimum Gasteiger partial charge on any atom is -0.454 e. The second-order valence-electron chi connectivity index (χ2n) is 7.08. The molecule has 2 unspecified atom stereocenters. The van der Waals surface area contributed by atoms with Gasteiger partial charge in [-0.05, 0) is 43.4 Å². The van der Waals surface area contributed by atoms with Gasteiger partial charge in [-0.25, -0.2) is 8.42 Å². The fraction of sp³-hybridized carbons (Fsp3) is 0.588. The van der Waals surface area contributed by atoms with Gasteiger partial charge in [0.1, 0.15) is 0 Å². The molecule has 2 saturated heterocycles. The molecule has 2 bridgehead atoms. The number of piperidine rings is 1. The second kappa shape index (κ2) is 6.17. The largest absolute Gasteiger partial charge is 0.454 e. The smallest absolute Gasteiger partial charge is 0.231 e. The van der Waals surface area contributed by atoms with E-state index in [4.69, 9.17) is 9.47 Å². The summed E-state index contributed by atoms with van der Waals surface area (Å²) < 4.78 is 36.1. The van der Waals surface area contributed by atoms with E-state index in [0.717, 1.165) is 18.4 Å². The molecule has 2 atom stereocenters. The normalized spacial score (nSPS) is 28.1. The maximum Gasteiger partial charge on any atom is 0.231 e. The lowest BCUT2D eigenvalue weighted by molar-refractivity contribution is -0.121. The Balaban J connectivity index is 1.36. The van der Waals surface area contributed by atoms with Crippen LogP contribution in [0.3, 0.4) is 0 Å². The van der Waals surface area contributed by atoms with Gasteiger partial charge in [0, 0.05) is 18.1 Å². The van der Waals surface area contributed by atoms with Crippen LogP contribution in [0.2, 0.25) is 0 Å². The van der Waals surface area contributed by atoms with Gasteiger partial charge in [0.15, 0.2) is 11.5 Å². The Bertz CT molecular complexity index is 780. The number of carbonyl (C=O) groups is 1. The number of hydrogen-bond acceptors (Lipinski definition) is 5. The van der Waals surface area contributed by atoms with Crippen LogP contribution in [-0.2, 0) is 21.2 Å². The van der Waals surface area contributed by atoms with Crippen LogP contribution in [0.15, 0.2) is 18.2 Å². The number of benzene rings is 1. The van der Waals surface area contributed by atoms with Gasteiger partial charge >= 0.3 is 0 Å². The molecule has 7 nitrogen and oxygen atoms in total. The van der Waals surface area contributed by atoms with Crippen LogP contribution < -0.4 is 14.8 Å². The van der Waals surface area contributed by atoms with Gasteiger partial charge in [-0.2, -0.15) is 4.31 Å². The van der Waals surface area contributed by atoms with Crippen molar-refractivity contribution in [3.8, 4) is 11.5 Å². The molecule has 1 N–H and O–H groups in total. The fourth-order valence-corrected chi connectivity index (χ4v) is 5.77. The number of ether oxygens (including phenoxy) is 2. The number of fused-ring (bicyclic) bond motifs is 3. The molecule has 3 heterocycles. The molecule has 136 valence electrons. The number of nitrogens with zero attached hydrogens (tertiary/aromatic N) is 1. The Labute approximate surface area is 147 Å². The standard InChI is InChI=1S/C17H22N2O5S/c1-25(21,22)19-13-3-4-14(19)9-12(8-13)18-17(20)7-11-2-5-15-16(6-11)24-10-23-15/h2,5-6,12-14H,3-4,7-10H2,1H3,(H,18,20). The van der Waals surface area contributed by atoms with E-state index in [1.54, 1.807) is 4.31 Å². The number of amides is 1. The van der Waals surface area contributed by atoms with Gasteiger partial charge in [0.25, 0.3) is 0 Å². The van der Waals surface area contributed by atoms with Crippen molar-refractivity contribution >= 4 is 15.9 Å². The lowest BCUT2D eigenvalue weighted by Crippen LogP contribution is -2.52. The third-order valence-corrected chi connectivity index (χ3v) is 6.58. The van der Waals surface area contributed by atoms with Crippen LogP contribution in [0.1, 0.15) is 31.2 Å². The van der Waals surface area contributed by atoms with E-state index >= 15 is 0 Å². The van der Waals surface area contributed by atoms with Crippen LogP contribution in [0, 0.1) is 0 Å². The zero-order valence-electron chi connectivity index (χ0n) is 14.1. The molecule has 25 heavy (non-hydrogen) atoms. The Morgan fingerprint density at radius 1 is 1.20 bits per heavy atom. The number of nitrogens with one attached hydrogen (secondary N) is 1. The number of carbonyl (C=O) groups excluding carboxylic acids is 1. The van der Waals surface area contributed by atoms with Crippen LogP contribution >= 0.6 is 0 Å². The molecule has 0 saturated carbocycles. The molecule has 1 aromatic carbocycles. The molecular weight excluding hydrogens is 344 g/mol. The Morgan fingerprint density at radius 3 is 2.56 bits per heavy atom. The van der Waals surface area contributed by atoms with Crippen molar-refractivity contribution in [3.05, 3.63) is 23.8 Å². The summed E-state index contributed by atoms with van der Waals surface area (Å²) in [6.07, 6.45) is 4.70. The predicted octanol–water partition coefficient (Wildman–Crippen LogP) is 1.03. The molecular formula is C17H22N2O5S. The SMILES string of the molecule is CS(=O)(=O)N1C2CCC1CC(NC(=O)Cc1ccc3c(c1)OCO3)C2. The van der Waals surface area contributed by atoms with Crippen LogP contribution in [0.25, 0.3) is 0 Å². The summed E-state index contributed by atoms with van der Waals surface area (Å²) in [4.78, 5) is 12.4. The van der Waals surface area contributed by atoms with Crippen molar-refractivity contribution in [2.75, 3.05) is 13.0 Å². The minimum absolute atomic E-state index is 0.0181. The van der Waals surface area contributed by atoms with Crippen molar-refractivity contribution < 1.29 is 22.7 Å². The van der Waals surface area contributed by atoms with Crippen molar-refractivity contribution in [3.63, 3.8) is 0 Å². The predicted molar refractivity (Wildman–Crippen MR) is 90.9 cm³/mol. The van der Waals surface area contributed by atoms with Gasteiger partial charge in [-0.1, -0.05) is 6.07 Å². The number of rotatable bonds is 4. The highest BCUT2D eigenvalue weighted by Crippen LogP contribution is 2.37. The summed E-state index contributed by atoms with van der Waals surface area (Å²) in [5.74, 6) is 1.33. The highest BCUT2D eigenvalue weighted by molar-refractivity contribution is 7.88. The van der Waals surface area contributed by atoms with Crippen LogP contribution in [-0.4, -0.2) is 49.8 Å². The molecule has 1 amide bonds. The van der Waals surface area contributed by atoms with E-state index < -0.39 is 10.0 Å². The maximum atomic E-state index is 12.4. The highest BCUT2D eigenvalue weighted by Gasteiger charge is 2.45. The van der Waals surface area contributed by atoms with Gasteiger partial charge in [-0.15, -0.1) is 0 Å². The summed E-state index contributed by atoms with van der Waals surface area (Å²) in [5, 5.41) is 3.08. The summed E-state index contributed by atoms with van der Waals surface area (Å²) in [5.41, 5.74) is 0.873. The topological polar surface area (TPSA) is 84.9 Å². The van der Waals surface area contributed by atoms with Crippen molar-refractivity contribution in [1.29, 1.82) is 0 Å². The fourth-order valence-electron chi connectivity index (χ4n) is 4.31.